The molecule has 13 nitrogen and oxygen atoms in total. The lowest BCUT2D eigenvalue weighted by molar-refractivity contribution is -0.387. The number of esters is 2. The number of ether oxygens (including phenoxy) is 2. The van der Waals surface area contributed by atoms with Crippen molar-refractivity contribution in [2.75, 3.05) is 53.5 Å². The molecule has 60 heavy (non-hydrogen) atoms. The van der Waals surface area contributed by atoms with Crippen LogP contribution in [0.15, 0.2) is 114 Å². The Balaban J connectivity index is 0.000000218. The fourth-order valence-electron chi connectivity index (χ4n) is 8.33. The van der Waals surface area contributed by atoms with E-state index in [1.165, 1.54) is 59.1 Å². The summed E-state index contributed by atoms with van der Waals surface area (Å²) in [5.74, 6) is -0.520. The second-order valence-corrected chi connectivity index (χ2v) is 17.2. The highest BCUT2D eigenvalue weighted by Gasteiger charge is 2.41. The van der Waals surface area contributed by atoms with Gasteiger partial charge in [0.1, 0.15) is 12.1 Å². The van der Waals surface area contributed by atoms with Gasteiger partial charge < -0.3 is 14.8 Å². The van der Waals surface area contributed by atoms with E-state index < -0.39 is 32.7 Å². The molecule has 2 heterocycles. The highest BCUT2D eigenvalue weighted by atomic mass is 32.2. The summed E-state index contributed by atoms with van der Waals surface area (Å²) in [7, 11) is -1.28. The molecule has 5 aromatic carbocycles. The van der Waals surface area contributed by atoms with Crippen molar-refractivity contribution in [3.8, 4) is 0 Å². The van der Waals surface area contributed by atoms with Crippen LogP contribution in [0, 0.1) is 10.1 Å². The molecular formula is C46H55N5O8S. The molecular weight excluding hydrogens is 783 g/mol. The number of sulfonamides is 1. The molecule has 14 heteroatoms. The normalized spacial score (nSPS) is 18.9. The maximum absolute atomic E-state index is 13.5. The molecule has 0 aliphatic carbocycles. The molecule has 2 fully saturated rings. The Morgan fingerprint density at radius 1 is 0.717 bits per heavy atom. The van der Waals surface area contributed by atoms with E-state index in [0.29, 0.717) is 38.4 Å². The van der Waals surface area contributed by atoms with Crippen LogP contribution in [0.4, 0.5) is 5.69 Å². The van der Waals surface area contributed by atoms with E-state index >= 15 is 0 Å². The summed E-state index contributed by atoms with van der Waals surface area (Å²) >= 11 is 0. The smallest absolute Gasteiger partial charge is 0.323 e. The van der Waals surface area contributed by atoms with Crippen molar-refractivity contribution in [3.05, 3.63) is 130 Å². The first-order valence-electron chi connectivity index (χ1n) is 20.5. The number of nitrogens with zero attached hydrogens (tertiary/aromatic N) is 4. The molecule has 2 aliphatic heterocycles. The predicted molar refractivity (Wildman–Crippen MR) is 233 cm³/mol. The summed E-state index contributed by atoms with van der Waals surface area (Å²) in [6.45, 7) is 7.45. The summed E-state index contributed by atoms with van der Waals surface area (Å²) < 4.78 is 38.5. The van der Waals surface area contributed by atoms with Gasteiger partial charge in [0.2, 0.25) is 10.0 Å². The van der Waals surface area contributed by atoms with Gasteiger partial charge in [-0.15, -0.1) is 0 Å². The van der Waals surface area contributed by atoms with Crippen LogP contribution in [0.25, 0.3) is 21.5 Å². The number of nitrogens with one attached hydrogen (secondary N) is 1. The highest BCUT2D eigenvalue weighted by molar-refractivity contribution is 7.89. The fourth-order valence-corrected chi connectivity index (χ4v) is 10.2. The number of nitro groups is 1. The Morgan fingerprint density at radius 3 is 1.75 bits per heavy atom. The lowest BCUT2D eigenvalue weighted by atomic mass is 9.99. The lowest BCUT2D eigenvalue weighted by Crippen LogP contribution is -2.59. The van der Waals surface area contributed by atoms with Gasteiger partial charge in [-0.05, 0) is 64.4 Å². The van der Waals surface area contributed by atoms with Crippen molar-refractivity contribution in [1.29, 1.82) is 0 Å². The number of hydrogen-bond donors (Lipinski definition) is 1. The molecule has 4 atom stereocenters. The van der Waals surface area contributed by atoms with Crippen molar-refractivity contribution in [3.63, 3.8) is 0 Å². The van der Waals surface area contributed by atoms with Crippen LogP contribution in [-0.4, -0.2) is 117 Å². The maximum atomic E-state index is 13.5. The van der Waals surface area contributed by atoms with E-state index in [1.807, 2.05) is 60.4 Å². The Hall–Kier alpha value is -5.25. The fraction of sp³-hybridized carbons (Fsp3) is 0.391. The average molecular weight is 838 g/mol. The zero-order valence-corrected chi connectivity index (χ0v) is 35.6. The maximum Gasteiger partial charge on any atom is 0.323 e. The third kappa shape index (κ3) is 10.4. The second-order valence-electron chi connectivity index (χ2n) is 15.3. The topological polar surface area (TPSA) is 152 Å². The highest BCUT2D eigenvalue weighted by Crippen LogP contribution is 2.31. The van der Waals surface area contributed by atoms with Crippen LogP contribution in [0.2, 0.25) is 0 Å². The summed E-state index contributed by atoms with van der Waals surface area (Å²) in [5.41, 5.74) is 1.71. The molecule has 0 unspecified atom stereocenters. The third-order valence-electron chi connectivity index (χ3n) is 11.7. The van der Waals surface area contributed by atoms with E-state index in [9.17, 15) is 28.1 Å². The van der Waals surface area contributed by atoms with Crippen LogP contribution >= 0.6 is 0 Å². The van der Waals surface area contributed by atoms with Crippen molar-refractivity contribution in [2.45, 2.75) is 68.6 Å². The predicted octanol–water partition coefficient (Wildman–Crippen LogP) is 6.22. The van der Waals surface area contributed by atoms with Crippen LogP contribution in [0.5, 0.6) is 0 Å². The van der Waals surface area contributed by atoms with Gasteiger partial charge >= 0.3 is 11.9 Å². The van der Waals surface area contributed by atoms with Gasteiger partial charge in [-0.25, -0.2) is 8.42 Å². The average Bonchev–Trinajstić information content (AvgIpc) is 3.29. The van der Waals surface area contributed by atoms with Gasteiger partial charge in [-0.1, -0.05) is 111 Å². The second kappa shape index (κ2) is 20.3. The molecule has 2 aliphatic rings. The minimum atomic E-state index is -4.11. The quantitative estimate of drug-likeness (QED) is 0.0818. The lowest BCUT2D eigenvalue weighted by Gasteiger charge is -2.42. The number of carbonyl (C=O) groups excluding carboxylic acids is 2. The van der Waals surface area contributed by atoms with Gasteiger partial charge in [0.25, 0.3) is 5.69 Å². The molecule has 1 N–H and O–H groups in total. The minimum Gasteiger partial charge on any atom is -0.468 e. The first kappa shape index (κ1) is 44.3. The van der Waals surface area contributed by atoms with Crippen LogP contribution in [0.3, 0.4) is 0 Å². The number of piperazine rings is 2. The molecule has 7 rings (SSSR count). The number of fused-ring (bicyclic) bond motifs is 2. The Bertz CT molecular complexity index is 2390. The number of para-hydroxylation sites is 1. The van der Waals surface area contributed by atoms with Crippen molar-refractivity contribution in [1.82, 2.24) is 19.4 Å². The molecule has 0 spiro atoms. The first-order valence-corrected chi connectivity index (χ1v) is 22.0. The Kier molecular flexibility index (Phi) is 15.0. The van der Waals surface area contributed by atoms with Gasteiger partial charge in [0, 0.05) is 57.4 Å². The van der Waals surface area contributed by atoms with Gasteiger partial charge in [0.15, 0.2) is 4.90 Å². The van der Waals surface area contributed by atoms with E-state index in [2.05, 4.69) is 53.5 Å². The third-order valence-corrected chi connectivity index (χ3v) is 13.7. The molecule has 0 amide bonds. The zero-order chi connectivity index (χ0) is 42.8. The van der Waals surface area contributed by atoms with E-state index in [4.69, 9.17) is 9.47 Å². The Morgan fingerprint density at radius 2 is 1.23 bits per heavy atom. The standard InChI is InChI=1S/C26H29N3O6S.C20H26N2O2/c1-3-22-18-27(14-15-28(22)36(33,34)25-11-7-6-10-23(25)29(31)32)24(26(30)35-2)17-19-12-13-20-8-4-5-9-21(20)16-19;1-3-18-14-22(11-10-21-18)19(20(23)24-2)13-15-8-9-16-6-4-5-7-17(16)12-15/h4-13,16,22,24H,3,14-15,17-18H2,1-2H3;4-9,12,18-19,21H,3,10-11,13-14H2,1-2H3/t22-,24-;18-,19-/m00/s1. The van der Waals surface area contributed by atoms with Crippen LogP contribution in [0.1, 0.15) is 37.8 Å². The zero-order valence-electron chi connectivity index (χ0n) is 34.7. The largest absolute Gasteiger partial charge is 0.468 e. The Labute approximate surface area is 352 Å². The molecule has 318 valence electrons. The van der Waals surface area contributed by atoms with Crippen LogP contribution in [-0.2, 0) is 41.9 Å². The van der Waals surface area contributed by atoms with E-state index in [0.717, 1.165) is 42.4 Å². The molecule has 0 saturated carbocycles. The SMILES string of the molecule is CC[C@H]1CN([C@@H](Cc2ccc3ccccc3c2)C(=O)OC)CCN1.CC[C@H]1CN([C@@H](Cc2ccc3ccccc3c2)C(=O)OC)CCN1S(=O)(=O)c1ccccc1[N+](=O)[O-]. The first-order chi connectivity index (χ1) is 29.0. The number of rotatable bonds is 13. The summed E-state index contributed by atoms with van der Waals surface area (Å²) in [4.78, 5) is 39.9. The summed E-state index contributed by atoms with van der Waals surface area (Å²) in [5, 5.41) is 19.6. The number of benzene rings is 5. The number of nitro benzene ring substituents is 1. The van der Waals surface area contributed by atoms with Crippen molar-refractivity contribution < 1.29 is 32.4 Å². The number of carbonyl (C=O) groups is 2. The number of hydrogen-bond acceptors (Lipinski definition) is 11. The van der Waals surface area contributed by atoms with Gasteiger partial charge in [-0.3, -0.25) is 29.5 Å². The molecule has 5 aromatic rings. The molecule has 0 radical (unpaired) electrons. The molecule has 0 bridgehead atoms. The van der Waals surface area contributed by atoms with Gasteiger partial charge in [-0.2, -0.15) is 4.31 Å². The number of methoxy groups -OCH3 is 2. The van der Waals surface area contributed by atoms with E-state index in [1.54, 1.807) is 0 Å². The summed E-state index contributed by atoms with van der Waals surface area (Å²) in [6.07, 6.45) is 2.67. The molecule has 0 aromatic heterocycles. The van der Waals surface area contributed by atoms with Crippen molar-refractivity contribution in [2.24, 2.45) is 0 Å². The van der Waals surface area contributed by atoms with Gasteiger partial charge in [0.05, 0.1) is 19.1 Å². The van der Waals surface area contributed by atoms with Crippen LogP contribution < -0.4 is 5.32 Å². The monoisotopic (exact) mass is 837 g/mol. The van der Waals surface area contributed by atoms with E-state index in [-0.39, 0.29) is 29.4 Å². The minimum absolute atomic E-state index is 0.109. The molecule has 2 saturated heterocycles. The van der Waals surface area contributed by atoms with Crippen molar-refractivity contribution >= 4 is 49.2 Å². The summed E-state index contributed by atoms with van der Waals surface area (Å²) in [6, 6.07) is 33.4.